The van der Waals surface area contributed by atoms with Crippen LogP contribution in [0.3, 0.4) is 0 Å². The zero-order valence-corrected chi connectivity index (χ0v) is 15.6. The molecule has 3 rings (SSSR count). The lowest BCUT2D eigenvalue weighted by Gasteiger charge is -2.35. The Morgan fingerprint density at radius 2 is 1.81 bits per heavy atom. The molecule has 1 heterocycles. The molecule has 2 aromatic carbocycles. The first kappa shape index (κ1) is 18.5. The lowest BCUT2D eigenvalue weighted by atomic mass is 9.95. The van der Waals surface area contributed by atoms with Crippen LogP contribution in [-0.2, 0) is 17.4 Å². The van der Waals surface area contributed by atoms with Crippen molar-refractivity contribution in [2.24, 2.45) is 4.99 Å². The molecule has 0 atom stereocenters. The first-order valence-electron chi connectivity index (χ1n) is 8.52. The van der Waals surface area contributed by atoms with Gasteiger partial charge in [-0.1, -0.05) is 19.9 Å². The molecule has 1 aliphatic heterocycles. The van der Waals surface area contributed by atoms with E-state index < -0.39 is 16.6 Å². The highest BCUT2D eigenvalue weighted by atomic mass is 32.2. The topological polar surface area (TPSA) is 67.8 Å². The fourth-order valence-corrected chi connectivity index (χ4v) is 3.30. The largest absolute Gasteiger partial charge is 0.466 e. The number of benzene rings is 2. The average molecular weight is 376 g/mol. The van der Waals surface area contributed by atoms with Gasteiger partial charge in [0, 0.05) is 30.5 Å². The molecule has 0 radical (unpaired) electrons. The molecule has 7 heteroatoms. The van der Waals surface area contributed by atoms with Gasteiger partial charge in [0.1, 0.15) is 11.6 Å². The van der Waals surface area contributed by atoms with Crippen molar-refractivity contribution in [2.45, 2.75) is 39.0 Å². The summed E-state index contributed by atoms with van der Waals surface area (Å²) in [4.78, 5) is 4.85. The molecule has 0 bridgehead atoms. The maximum atomic E-state index is 13.3. The van der Waals surface area contributed by atoms with Crippen LogP contribution >= 0.6 is 0 Å². The highest BCUT2D eigenvalue weighted by molar-refractivity contribution is 7.70. The van der Waals surface area contributed by atoms with Crippen LogP contribution in [0.25, 0.3) is 0 Å². The van der Waals surface area contributed by atoms with Gasteiger partial charge in [-0.05, 0) is 42.0 Å². The van der Waals surface area contributed by atoms with E-state index in [0.29, 0.717) is 18.6 Å². The molecule has 2 aromatic rings. The van der Waals surface area contributed by atoms with Crippen molar-refractivity contribution in [1.82, 2.24) is 4.72 Å². The molecule has 0 spiro atoms. The highest BCUT2D eigenvalue weighted by Crippen LogP contribution is 2.36. The van der Waals surface area contributed by atoms with E-state index in [-0.39, 0.29) is 12.4 Å². The van der Waals surface area contributed by atoms with Crippen LogP contribution in [-0.4, -0.2) is 19.9 Å². The Labute approximate surface area is 154 Å². The van der Waals surface area contributed by atoms with Gasteiger partial charge in [-0.15, -0.1) is 0 Å². The molecule has 5 nitrogen and oxygen atoms in total. The third kappa shape index (κ3) is 3.78. The second-order valence-corrected chi connectivity index (χ2v) is 6.98. The molecular weight excluding hydrogens is 355 g/mol. The Balaban J connectivity index is 2.08. The van der Waals surface area contributed by atoms with E-state index in [2.05, 4.69) is 4.72 Å². The zero-order chi connectivity index (χ0) is 18.7. The quantitative estimate of drug-likeness (QED) is 0.761. The number of hydrogen-bond acceptors (Lipinski definition) is 4. The van der Waals surface area contributed by atoms with Crippen molar-refractivity contribution in [3.05, 3.63) is 65.0 Å². The number of thiol groups is 1. The van der Waals surface area contributed by atoms with E-state index in [4.69, 9.17) is 9.73 Å². The summed E-state index contributed by atoms with van der Waals surface area (Å²) in [6.45, 7) is 4.21. The van der Waals surface area contributed by atoms with Crippen LogP contribution in [0.1, 0.15) is 43.4 Å². The molecule has 0 saturated heterocycles. The Bertz CT molecular complexity index is 896. The minimum atomic E-state index is -2.66. The first-order valence-corrected chi connectivity index (χ1v) is 9.70. The van der Waals surface area contributed by atoms with Gasteiger partial charge in [-0.25, -0.2) is 22.5 Å². The van der Waals surface area contributed by atoms with Gasteiger partial charge < -0.3 is 4.74 Å². The highest BCUT2D eigenvalue weighted by Gasteiger charge is 2.34. The van der Waals surface area contributed by atoms with E-state index in [1.54, 1.807) is 12.1 Å². The van der Waals surface area contributed by atoms with Crippen molar-refractivity contribution in [3.8, 4) is 5.75 Å². The number of nitrogens with one attached hydrogen (secondary N) is 1. The lowest BCUT2D eigenvalue weighted by molar-refractivity contribution is 0.0658. The van der Waals surface area contributed by atoms with Crippen LogP contribution in [0.5, 0.6) is 5.75 Å². The Morgan fingerprint density at radius 1 is 1.12 bits per heavy atom. The van der Waals surface area contributed by atoms with Crippen molar-refractivity contribution in [2.75, 3.05) is 0 Å². The predicted octanol–water partition coefficient (Wildman–Crippen LogP) is 3.19. The lowest BCUT2D eigenvalue weighted by Crippen LogP contribution is -2.37. The molecule has 0 aliphatic carbocycles. The minimum absolute atomic E-state index is 0.198. The molecule has 0 unspecified atom stereocenters. The van der Waals surface area contributed by atoms with Crippen molar-refractivity contribution < 1.29 is 17.5 Å². The summed E-state index contributed by atoms with van der Waals surface area (Å²) in [6.07, 6.45) is 1.37. The van der Waals surface area contributed by atoms with E-state index >= 15 is 0 Å². The van der Waals surface area contributed by atoms with Crippen molar-refractivity contribution in [3.63, 3.8) is 0 Å². The van der Waals surface area contributed by atoms with Gasteiger partial charge in [-0.2, -0.15) is 0 Å². The standard InChI is InChI=1S/C19H21FN2O3S/c1-3-19(4-2)22-18(14-6-8-15(20)9-7-14)16-10-5-13(11-17(16)25-19)12-21-26(23)24/h5-11,26H,3-4,12H2,1-2H3,(H,21,23,24). The maximum Gasteiger partial charge on any atom is 0.201 e. The molecule has 0 amide bonds. The van der Waals surface area contributed by atoms with Crippen molar-refractivity contribution >= 4 is 16.6 Å². The first-order chi connectivity index (χ1) is 12.5. The van der Waals surface area contributed by atoms with Crippen LogP contribution in [0.2, 0.25) is 0 Å². The van der Waals surface area contributed by atoms with E-state index in [0.717, 1.165) is 22.4 Å². The summed E-state index contributed by atoms with van der Waals surface area (Å²) in [5.41, 5.74) is 2.49. The number of ether oxygens (including phenoxy) is 1. The summed E-state index contributed by atoms with van der Waals surface area (Å²) in [7, 11) is -2.66. The van der Waals surface area contributed by atoms with Gasteiger partial charge in [0.05, 0.1) is 5.71 Å². The van der Waals surface area contributed by atoms with E-state index in [1.807, 2.05) is 32.0 Å². The van der Waals surface area contributed by atoms with Gasteiger partial charge in [0.15, 0.2) is 5.72 Å². The third-order valence-electron chi connectivity index (χ3n) is 4.55. The van der Waals surface area contributed by atoms with Crippen LogP contribution in [0, 0.1) is 5.82 Å². The number of halogens is 1. The van der Waals surface area contributed by atoms with Gasteiger partial charge in [-0.3, -0.25) is 0 Å². The molecule has 138 valence electrons. The van der Waals surface area contributed by atoms with E-state index in [9.17, 15) is 12.8 Å². The van der Waals surface area contributed by atoms with Crippen LogP contribution in [0.15, 0.2) is 47.5 Å². The Morgan fingerprint density at radius 3 is 2.42 bits per heavy atom. The molecule has 0 saturated carbocycles. The summed E-state index contributed by atoms with van der Waals surface area (Å²) in [5.74, 6) is 0.357. The Kier molecular flexibility index (Phi) is 5.38. The van der Waals surface area contributed by atoms with Crippen LogP contribution in [0.4, 0.5) is 4.39 Å². The summed E-state index contributed by atoms with van der Waals surface area (Å²) in [6, 6.07) is 11.8. The maximum absolute atomic E-state index is 13.3. The fourth-order valence-electron chi connectivity index (χ4n) is 2.98. The second-order valence-electron chi connectivity index (χ2n) is 6.15. The van der Waals surface area contributed by atoms with E-state index in [1.165, 1.54) is 12.1 Å². The number of hydrogen-bond donors (Lipinski definition) is 2. The smallest absolute Gasteiger partial charge is 0.201 e. The normalized spacial score (nSPS) is 15.3. The average Bonchev–Trinajstić information content (AvgIpc) is 2.65. The Hall–Kier alpha value is -2.25. The fraction of sp³-hybridized carbons (Fsp3) is 0.316. The predicted molar refractivity (Wildman–Crippen MR) is 99.6 cm³/mol. The number of aliphatic imine (C=N–C) groups is 1. The number of fused-ring (bicyclic) bond motifs is 1. The molecular formula is C19H21FN2O3S. The number of rotatable bonds is 6. The van der Waals surface area contributed by atoms with Crippen LogP contribution < -0.4 is 9.46 Å². The second kappa shape index (κ2) is 7.55. The summed E-state index contributed by atoms with van der Waals surface area (Å²) < 4.78 is 43.4. The molecule has 1 aliphatic rings. The number of nitrogens with zero attached hydrogens (tertiary/aromatic N) is 1. The minimum Gasteiger partial charge on any atom is -0.466 e. The third-order valence-corrected chi connectivity index (χ3v) is 4.97. The zero-order valence-electron chi connectivity index (χ0n) is 14.7. The van der Waals surface area contributed by atoms with Gasteiger partial charge in [0.2, 0.25) is 10.9 Å². The SMILES string of the molecule is CCC1(CC)N=C(c2ccc(F)cc2)c2ccc(CN[SH](=O)=O)cc2O1. The van der Waals surface area contributed by atoms with Gasteiger partial charge in [0.25, 0.3) is 0 Å². The molecule has 0 fully saturated rings. The molecule has 1 N–H and O–H groups in total. The molecule has 26 heavy (non-hydrogen) atoms. The summed E-state index contributed by atoms with van der Waals surface area (Å²) in [5, 5.41) is 0. The molecule has 0 aromatic heterocycles. The monoisotopic (exact) mass is 376 g/mol. The summed E-state index contributed by atoms with van der Waals surface area (Å²) >= 11 is 0. The van der Waals surface area contributed by atoms with Gasteiger partial charge >= 0.3 is 0 Å². The van der Waals surface area contributed by atoms with Crippen molar-refractivity contribution in [1.29, 1.82) is 0 Å².